The van der Waals surface area contributed by atoms with Crippen molar-refractivity contribution in [3.05, 3.63) is 0 Å². The van der Waals surface area contributed by atoms with Gasteiger partial charge in [0.05, 0.1) is 0 Å². The molecule has 13 heavy (non-hydrogen) atoms. The normalized spacial score (nSPS) is 14.4. The van der Waals surface area contributed by atoms with Crippen LogP contribution in [0.25, 0.3) is 0 Å². The Hall–Kier alpha value is -0.570. The summed E-state index contributed by atoms with van der Waals surface area (Å²) in [7, 11) is 0. The molecule has 80 valence electrons. The summed E-state index contributed by atoms with van der Waals surface area (Å²) in [4.78, 5) is 9.22. The van der Waals surface area contributed by atoms with Gasteiger partial charge in [0, 0.05) is 13.5 Å². The van der Waals surface area contributed by atoms with Gasteiger partial charge in [-0.2, -0.15) is 0 Å². The highest BCUT2D eigenvalue weighted by atomic mass is 16.2. The monoisotopic (exact) mass is 189 g/mol. The first-order valence-electron chi connectivity index (χ1n) is 5.02. The molecule has 1 saturated carbocycles. The van der Waals surface area contributed by atoms with Crippen LogP contribution in [0.4, 0.5) is 0 Å². The van der Waals surface area contributed by atoms with E-state index in [1.165, 1.54) is 45.4 Å². The molecular weight excluding hydrogens is 166 g/mol. The largest absolute Gasteiger partial charge is 0.397 e. The topological polar surface area (TPSA) is 63.3 Å². The average Bonchev–Trinajstić information content (AvgIpc) is 2.08. The Morgan fingerprint density at radius 3 is 1.31 bits per heavy atom. The molecule has 3 heteroatoms. The van der Waals surface area contributed by atoms with Gasteiger partial charge >= 0.3 is 0 Å². The fourth-order valence-corrected chi connectivity index (χ4v) is 1.06. The number of aliphatic hydroxyl groups excluding tert-OH is 1. The molecule has 0 unspecified atom stereocenters. The summed E-state index contributed by atoms with van der Waals surface area (Å²) in [5.74, 6) is -0.333. The summed E-state index contributed by atoms with van der Waals surface area (Å²) >= 11 is 0. The molecule has 3 N–H and O–H groups in total. The molecule has 1 fully saturated rings. The smallest absolute Gasteiger partial charge is 0.214 e. The number of carbonyl (C=O) groups excluding carboxylic acids is 1. The van der Waals surface area contributed by atoms with E-state index < -0.39 is 0 Å². The quantitative estimate of drug-likeness (QED) is 0.610. The SMILES string of the molecule is C1CCCCC1.CC(N)=O.CCO. The Morgan fingerprint density at radius 1 is 1.15 bits per heavy atom. The summed E-state index contributed by atoms with van der Waals surface area (Å²) in [6.45, 7) is 3.24. The van der Waals surface area contributed by atoms with Gasteiger partial charge in [-0.3, -0.25) is 4.79 Å². The minimum atomic E-state index is -0.333. The summed E-state index contributed by atoms with van der Waals surface area (Å²) in [5.41, 5.74) is 4.47. The van der Waals surface area contributed by atoms with E-state index in [0.717, 1.165) is 0 Å². The number of hydrogen-bond acceptors (Lipinski definition) is 2. The zero-order chi connectivity index (χ0) is 10.5. The first-order valence-corrected chi connectivity index (χ1v) is 5.02. The molecule has 0 atom stereocenters. The molecule has 0 heterocycles. The van der Waals surface area contributed by atoms with Gasteiger partial charge in [-0.05, 0) is 6.92 Å². The van der Waals surface area contributed by atoms with Crippen molar-refractivity contribution in [2.75, 3.05) is 6.61 Å². The zero-order valence-electron chi connectivity index (χ0n) is 8.88. The van der Waals surface area contributed by atoms with E-state index in [0.29, 0.717) is 0 Å². The summed E-state index contributed by atoms with van der Waals surface area (Å²) in [6, 6.07) is 0. The van der Waals surface area contributed by atoms with Crippen LogP contribution in [-0.4, -0.2) is 17.6 Å². The predicted octanol–water partition coefficient (Wildman–Crippen LogP) is 1.83. The highest BCUT2D eigenvalue weighted by Crippen LogP contribution is 2.15. The zero-order valence-corrected chi connectivity index (χ0v) is 8.88. The summed E-state index contributed by atoms with van der Waals surface area (Å²) in [5, 5.41) is 7.57. The third kappa shape index (κ3) is 34.5. The third-order valence-corrected chi connectivity index (χ3v) is 1.50. The second kappa shape index (κ2) is 14.0. The minimum absolute atomic E-state index is 0.250. The molecule has 1 rings (SSSR count). The van der Waals surface area contributed by atoms with Gasteiger partial charge in [-0.25, -0.2) is 0 Å². The van der Waals surface area contributed by atoms with E-state index in [-0.39, 0.29) is 12.5 Å². The van der Waals surface area contributed by atoms with Gasteiger partial charge < -0.3 is 10.8 Å². The number of hydrogen-bond donors (Lipinski definition) is 2. The third-order valence-electron chi connectivity index (χ3n) is 1.50. The van der Waals surface area contributed by atoms with E-state index in [1.807, 2.05) is 0 Å². The van der Waals surface area contributed by atoms with Crippen LogP contribution >= 0.6 is 0 Å². The van der Waals surface area contributed by atoms with Crippen LogP contribution < -0.4 is 5.73 Å². The van der Waals surface area contributed by atoms with Gasteiger partial charge in [0.1, 0.15) is 0 Å². The molecule has 0 aliphatic heterocycles. The molecule has 0 bridgehead atoms. The highest BCUT2D eigenvalue weighted by Gasteiger charge is 1.95. The Kier molecular flexibility index (Phi) is 16.1. The van der Waals surface area contributed by atoms with Crippen LogP contribution in [0.2, 0.25) is 0 Å². The Morgan fingerprint density at radius 2 is 1.23 bits per heavy atom. The van der Waals surface area contributed by atoms with Crippen LogP contribution in [-0.2, 0) is 4.79 Å². The molecule has 0 aromatic carbocycles. The van der Waals surface area contributed by atoms with Crippen molar-refractivity contribution in [2.45, 2.75) is 52.4 Å². The van der Waals surface area contributed by atoms with Crippen LogP contribution in [0.15, 0.2) is 0 Å². The molecule has 1 aliphatic rings. The molecule has 0 radical (unpaired) electrons. The highest BCUT2D eigenvalue weighted by molar-refractivity contribution is 5.70. The Bertz CT molecular complexity index is 85.6. The van der Waals surface area contributed by atoms with Crippen molar-refractivity contribution < 1.29 is 9.90 Å². The number of nitrogens with two attached hydrogens (primary N) is 1. The molecule has 1 amide bonds. The fraction of sp³-hybridized carbons (Fsp3) is 0.900. The van der Waals surface area contributed by atoms with E-state index in [1.54, 1.807) is 6.92 Å². The lowest BCUT2D eigenvalue weighted by molar-refractivity contribution is -0.115. The maximum absolute atomic E-state index is 9.22. The van der Waals surface area contributed by atoms with Gasteiger partial charge in [-0.15, -0.1) is 0 Å². The van der Waals surface area contributed by atoms with Crippen molar-refractivity contribution in [3.8, 4) is 0 Å². The van der Waals surface area contributed by atoms with E-state index in [4.69, 9.17) is 5.11 Å². The lowest BCUT2D eigenvalue weighted by atomic mass is 10.0. The molecule has 0 aromatic rings. The number of amides is 1. The van der Waals surface area contributed by atoms with Crippen molar-refractivity contribution in [1.29, 1.82) is 0 Å². The number of primary amides is 1. The van der Waals surface area contributed by atoms with Crippen molar-refractivity contribution in [1.82, 2.24) is 0 Å². The van der Waals surface area contributed by atoms with Crippen molar-refractivity contribution in [2.24, 2.45) is 5.73 Å². The molecule has 3 nitrogen and oxygen atoms in total. The van der Waals surface area contributed by atoms with Gasteiger partial charge in [-0.1, -0.05) is 38.5 Å². The van der Waals surface area contributed by atoms with Gasteiger partial charge in [0.2, 0.25) is 5.91 Å². The predicted molar refractivity (Wildman–Crippen MR) is 55.3 cm³/mol. The maximum Gasteiger partial charge on any atom is 0.214 e. The first kappa shape index (κ1) is 14.9. The summed E-state index contributed by atoms with van der Waals surface area (Å²) in [6.07, 6.45) is 9.00. The van der Waals surface area contributed by atoms with Crippen LogP contribution in [0.3, 0.4) is 0 Å². The maximum atomic E-state index is 9.22. The first-order chi connectivity index (χ1) is 6.15. The average molecular weight is 189 g/mol. The molecule has 0 aromatic heterocycles. The van der Waals surface area contributed by atoms with Crippen molar-refractivity contribution in [3.63, 3.8) is 0 Å². The number of carbonyl (C=O) groups is 1. The molecule has 1 aliphatic carbocycles. The minimum Gasteiger partial charge on any atom is -0.397 e. The molecule has 0 saturated heterocycles. The van der Waals surface area contributed by atoms with Crippen LogP contribution in [0.1, 0.15) is 52.4 Å². The summed E-state index contributed by atoms with van der Waals surface area (Å²) < 4.78 is 0. The Labute approximate surface area is 81.3 Å². The van der Waals surface area contributed by atoms with Crippen LogP contribution in [0, 0.1) is 0 Å². The standard InChI is InChI=1S/C6H12.C2H5NO.C2H6O/c1-2-4-6-5-3-1;1-2(3)4;1-2-3/h1-6H2;1H3,(H2,3,4);3H,2H2,1H3. The lowest BCUT2D eigenvalue weighted by Gasteiger charge is -2.05. The number of rotatable bonds is 0. The fourth-order valence-electron chi connectivity index (χ4n) is 1.06. The number of aliphatic hydroxyl groups is 1. The Balaban J connectivity index is 0. The lowest BCUT2D eigenvalue weighted by Crippen LogP contribution is -2.01. The molecule has 0 spiro atoms. The van der Waals surface area contributed by atoms with Gasteiger partial charge in [0.15, 0.2) is 0 Å². The van der Waals surface area contributed by atoms with E-state index >= 15 is 0 Å². The van der Waals surface area contributed by atoms with E-state index in [2.05, 4.69) is 5.73 Å². The second-order valence-electron chi connectivity index (χ2n) is 3.05. The van der Waals surface area contributed by atoms with E-state index in [9.17, 15) is 4.79 Å². The van der Waals surface area contributed by atoms with Crippen LogP contribution in [0.5, 0.6) is 0 Å². The van der Waals surface area contributed by atoms with Crippen molar-refractivity contribution >= 4 is 5.91 Å². The second-order valence-corrected chi connectivity index (χ2v) is 3.05. The molecular formula is C10H23NO2. The van der Waals surface area contributed by atoms with Gasteiger partial charge in [0.25, 0.3) is 0 Å².